The van der Waals surface area contributed by atoms with Crippen molar-refractivity contribution in [2.45, 2.75) is 6.92 Å². The molecule has 0 saturated carbocycles. The zero-order chi connectivity index (χ0) is 27.8. The van der Waals surface area contributed by atoms with Gasteiger partial charge in [0.2, 0.25) is 11.8 Å². The van der Waals surface area contributed by atoms with E-state index in [1.54, 1.807) is 19.4 Å². The number of benzene rings is 4. The molecular formula is C31H26N4O5. The smallest absolute Gasteiger partial charge is 0.231 e. The fourth-order valence-electron chi connectivity index (χ4n) is 4.90. The number of hydrogen-bond donors (Lipinski definition) is 2. The van der Waals surface area contributed by atoms with Crippen LogP contribution in [0.15, 0.2) is 77.3 Å². The van der Waals surface area contributed by atoms with Crippen molar-refractivity contribution in [1.82, 2.24) is 15.2 Å². The Balaban J connectivity index is 1.41. The standard InChI is InChI=1S/C31H26N4O5/c1-17(36)33-29-26(38-3)15-25(37-2)27(30(29)39-4)18-9-11-19(12-10-18)28-22(16-32-35-28)31-34-23-13-20-7-5-6-8-21(20)14-24(23)40-31/h5-16H,1-4H3,(H,32,35)(H,33,36). The first kappa shape index (κ1) is 25.0. The van der Waals surface area contributed by atoms with Crippen LogP contribution in [0.2, 0.25) is 0 Å². The van der Waals surface area contributed by atoms with Crippen LogP contribution < -0.4 is 19.5 Å². The topological polar surface area (TPSA) is 112 Å². The highest BCUT2D eigenvalue weighted by Gasteiger charge is 2.23. The molecule has 9 nitrogen and oxygen atoms in total. The van der Waals surface area contributed by atoms with Crippen molar-refractivity contribution >= 4 is 33.5 Å². The van der Waals surface area contributed by atoms with Crippen LogP contribution in [0.3, 0.4) is 0 Å². The van der Waals surface area contributed by atoms with E-state index in [1.165, 1.54) is 21.1 Å². The van der Waals surface area contributed by atoms with Gasteiger partial charge >= 0.3 is 0 Å². The number of amides is 1. The summed E-state index contributed by atoms with van der Waals surface area (Å²) in [4.78, 5) is 16.7. The number of methoxy groups -OCH3 is 3. The molecule has 0 atom stereocenters. The van der Waals surface area contributed by atoms with Gasteiger partial charge in [0.1, 0.15) is 28.4 Å². The molecule has 1 amide bonds. The average Bonchev–Trinajstić information content (AvgIpc) is 3.62. The molecule has 0 aliphatic heterocycles. The molecule has 4 aromatic carbocycles. The van der Waals surface area contributed by atoms with Gasteiger partial charge in [-0.05, 0) is 28.5 Å². The van der Waals surface area contributed by atoms with E-state index in [-0.39, 0.29) is 5.91 Å². The number of aromatic nitrogens is 3. The second kappa shape index (κ2) is 10.1. The number of fused-ring (bicyclic) bond motifs is 2. The van der Waals surface area contributed by atoms with Crippen molar-refractivity contribution in [1.29, 1.82) is 0 Å². The largest absolute Gasteiger partial charge is 0.496 e. The van der Waals surface area contributed by atoms with E-state index < -0.39 is 0 Å². The highest BCUT2D eigenvalue weighted by atomic mass is 16.5. The van der Waals surface area contributed by atoms with Gasteiger partial charge < -0.3 is 23.9 Å². The Morgan fingerprint density at radius 3 is 2.25 bits per heavy atom. The van der Waals surface area contributed by atoms with Gasteiger partial charge in [-0.1, -0.05) is 48.5 Å². The predicted molar refractivity (Wildman–Crippen MR) is 154 cm³/mol. The van der Waals surface area contributed by atoms with Gasteiger partial charge in [0.05, 0.1) is 32.5 Å². The maximum absolute atomic E-state index is 11.9. The monoisotopic (exact) mass is 534 g/mol. The number of nitrogens with zero attached hydrogens (tertiary/aromatic N) is 2. The van der Waals surface area contributed by atoms with E-state index in [0.717, 1.165) is 33.0 Å². The summed E-state index contributed by atoms with van der Waals surface area (Å²) >= 11 is 0. The van der Waals surface area contributed by atoms with Crippen molar-refractivity contribution in [2.75, 3.05) is 26.6 Å². The third-order valence-electron chi connectivity index (χ3n) is 6.73. The van der Waals surface area contributed by atoms with Gasteiger partial charge in [-0.15, -0.1) is 0 Å². The number of carbonyl (C=O) groups excluding carboxylic acids is 1. The van der Waals surface area contributed by atoms with Crippen LogP contribution in [0.5, 0.6) is 17.2 Å². The van der Waals surface area contributed by atoms with Crippen LogP contribution in [-0.2, 0) is 4.79 Å². The number of nitrogens with one attached hydrogen (secondary N) is 2. The molecule has 0 aliphatic carbocycles. The molecule has 0 fully saturated rings. The Labute approximate surface area is 229 Å². The van der Waals surface area contributed by atoms with Gasteiger partial charge in [0, 0.05) is 24.8 Å². The van der Waals surface area contributed by atoms with Gasteiger partial charge in [0.25, 0.3) is 0 Å². The van der Waals surface area contributed by atoms with Gasteiger partial charge in [-0.25, -0.2) is 4.98 Å². The lowest BCUT2D eigenvalue weighted by Crippen LogP contribution is -2.10. The summed E-state index contributed by atoms with van der Waals surface area (Å²) in [6.45, 7) is 1.43. The Morgan fingerprint density at radius 1 is 0.875 bits per heavy atom. The highest BCUT2D eigenvalue weighted by Crippen LogP contribution is 2.49. The normalized spacial score (nSPS) is 11.1. The first-order valence-corrected chi connectivity index (χ1v) is 12.6. The number of ether oxygens (including phenoxy) is 3. The molecule has 2 heterocycles. The number of rotatable bonds is 7. The molecule has 0 bridgehead atoms. The number of H-pyrrole nitrogens is 1. The van der Waals surface area contributed by atoms with Crippen LogP contribution in [0.4, 0.5) is 5.69 Å². The predicted octanol–water partition coefficient (Wildman–Crippen LogP) is 6.69. The summed E-state index contributed by atoms with van der Waals surface area (Å²) in [6.07, 6.45) is 1.78. The lowest BCUT2D eigenvalue weighted by molar-refractivity contribution is -0.114. The summed E-state index contributed by atoms with van der Waals surface area (Å²) < 4.78 is 23.1. The maximum atomic E-state index is 11.9. The van der Waals surface area contributed by atoms with Crippen molar-refractivity contribution in [3.05, 3.63) is 72.9 Å². The van der Waals surface area contributed by atoms with Crippen molar-refractivity contribution in [2.24, 2.45) is 0 Å². The molecule has 6 aromatic rings. The van der Waals surface area contributed by atoms with E-state index in [2.05, 4.69) is 21.6 Å². The molecule has 9 heteroatoms. The molecule has 0 saturated heterocycles. The van der Waals surface area contributed by atoms with Crippen LogP contribution in [-0.4, -0.2) is 42.4 Å². The second-order valence-corrected chi connectivity index (χ2v) is 9.16. The quantitative estimate of drug-likeness (QED) is 0.235. The molecule has 40 heavy (non-hydrogen) atoms. The summed E-state index contributed by atoms with van der Waals surface area (Å²) in [5.74, 6) is 1.63. The van der Waals surface area contributed by atoms with Gasteiger partial charge in [-0.3, -0.25) is 9.89 Å². The lowest BCUT2D eigenvalue weighted by Gasteiger charge is -2.20. The number of anilines is 1. The minimum Gasteiger partial charge on any atom is -0.496 e. The van der Waals surface area contributed by atoms with Crippen LogP contribution in [0, 0.1) is 0 Å². The highest BCUT2D eigenvalue weighted by molar-refractivity contribution is 5.98. The second-order valence-electron chi connectivity index (χ2n) is 9.16. The molecule has 0 aliphatic rings. The lowest BCUT2D eigenvalue weighted by atomic mass is 9.98. The first-order valence-electron chi connectivity index (χ1n) is 12.6. The van der Waals surface area contributed by atoms with Crippen LogP contribution in [0.1, 0.15) is 6.92 Å². The average molecular weight is 535 g/mol. The molecular weight excluding hydrogens is 508 g/mol. The zero-order valence-electron chi connectivity index (χ0n) is 22.4. The van der Waals surface area contributed by atoms with E-state index in [1.807, 2.05) is 54.6 Å². The molecule has 0 spiro atoms. The molecule has 0 unspecified atom stereocenters. The summed E-state index contributed by atoms with van der Waals surface area (Å²) in [5, 5.41) is 12.4. The Morgan fingerprint density at radius 2 is 1.57 bits per heavy atom. The van der Waals surface area contributed by atoms with Crippen LogP contribution >= 0.6 is 0 Å². The van der Waals surface area contributed by atoms with Gasteiger partial charge in [0.15, 0.2) is 11.3 Å². The zero-order valence-corrected chi connectivity index (χ0v) is 22.4. The molecule has 0 radical (unpaired) electrons. The Bertz CT molecular complexity index is 1820. The Hall–Kier alpha value is -5.31. The minimum absolute atomic E-state index is 0.249. The van der Waals surface area contributed by atoms with Crippen molar-refractivity contribution in [3.8, 4) is 51.1 Å². The van der Waals surface area contributed by atoms with E-state index in [0.29, 0.717) is 45.7 Å². The number of hydrogen-bond acceptors (Lipinski definition) is 7. The van der Waals surface area contributed by atoms with E-state index in [4.69, 9.17) is 23.6 Å². The molecule has 200 valence electrons. The Kier molecular flexibility index (Phi) is 6.31. The third kappa shape index (κ3) is 4.27. The van der Waals surface area contributed by atoms with Crippen molar-refractivity contribution < 1.29 is 23.4 Å². The van der Waals surface area contributed by atoms with Crippen LogP contribution in [0.25, 0.3) is 55.7 Å². The number of aromatic amines is 1. The molecule has 2 N–H and O–H groups in total. The SMILES string of the molecule is COc1cc(OC)c(-c2ccc(-c3n[nH]cc3-c3nc4cc5ccccc5cc4o3)cc2)c(OC)c1NC(C)=O. The number of oxazole rings is 1. The summed E-state index contributed by atoms with van der Waals surface area (Å²) in [6, 6.07) is 21.6. The summed E-state index contributed by atoms with van der Waals surface area (Å²) in [5.41, 5.74) is 5.73. The van der Waals surface area contributed by atoms with Crippen molar-refractivity contribution in [3.63, 3.8) is 0 Å². The maximum Gasteiger partial charge on any atom is 0.231 e. The van der Waals surface area contributed by atoms with E-state index in [9.17, 15) is 4.79 Å². The molecule has 2 aromatic heterocycles. The van der Waals surface area contributed by atoms with Gasteiger partial charge in [-0.2, -0.15) is 5.10 Å². The fourth-order valence-corrected chi connectivity index (χ4v) is 4.90. The third-order valence-corrected chi connectivity index (χ3v) is 6.73. The molecule has 6 rings (SSSR count). The first-order chi connectivity index (χ1) is 19.5. The minimum atomic E-state index is -0.249. The summed E-state index contributed by atoms with van der Waals surface area (Å²) in [7, 11) is 4.63. The fraction of sp³-hybridized carbons (Fsp3) is 0.129. The number of carbonyl (C=O) groups is 1. The van der Waals surface area contributed by atoms with E-state index >= 15 is 0 Å².